The molecule has 1 heterocycles. The minimum absolute atomic E-state index is 0.00473. The minimum atomic E-state index is -0.459. The van der Waals surface area contributed by atoms with E-state index in [4.69, 9.17) is 0 Å². The summed E-state index contributed by atoms with van der Waals surface area (Å²) in [7, 11) is 0. The van der Waals surface area contributed by atoms with Crippen molar-refractivity contribution in [1.82, 2.24) is 20.3 Å². The molecule has 110 valence electrons. The summed E-state index contributed by atoms with van der Waals surface area (Å²) in [4.78, 5) is 11.8. The third kappa shape index (κ3) is 3.85. The van der Waals surface area contributed by atoms with Crippen molar-refractivity contribution in [2.45, 2.75) is 32.0 Å². The lowest BCUT2D eigenvalue weighted by molar-refractivity contribution is -0.116. The van der Waals surface area contributed by atoms with Crippen LogP contribution >= 0.6 is 0 Å². The molecule has 7 heteroatoms. The Balaban J connectivity index is 1.53. The van der Waals surface area contributed by atoms with Crippen LogP contribution in [0, 0.1) is 5.82 Å². The van der Waals surface area contributed by atoms with E-state index in [2.05, 4.69) is 20.9 Å². The molecule has 0 spiro atoms. The molecule has 1 aromatic carbocycles. The van der Waals surface area contributed by atoms with E-state index in [-0.39, 0.29) is 18.1 Å². The second kappa shape index (κ2) is 6.01. The molecule has 0 radical (unpaired) electrons. The van der Waals surface area contributed by atoms with Crippen LogP contribution in [0.4, 0.5) is 10.1 Å². The van der Waals surface area contributed by atoms with Gasteiger partial charge in [0.2, 0.25) is 5.91 Å². The van der Waals surface area contributed by atoms with Crippen molar-refractivity contribution >= 4 is 11.6 Å². The average Bonchev–Trinajstić information content (AvgIpc) is 3.19. The van der Waals surface area contributed by atoms with E-state index >= 15 is 0 Å². The summed E-state index contributed by atoms with van der Waals surface area (Å²) >= 11 is 0. The third-order valence-corrected chi connectivity index (χ3v) is 3.19. The molecule has 1 aliphatic rings. The lowest BCUT2D eigenvalue weighted by Crippen LogP contribution is -2.19. The second-order valence-electron chi connectivity index (χ2n) is 5.09. The highest BCUT2D eigenvalue weighted by atomic mass is 19.1. The van der Waals surface area contributed by atoms with Gasteiger partial charge in [-0.05, 0) is 25.0 Å². The molecule has 0 aliphatic heterocycles. The van der Waals surface area contributed by atoms with E-state index in [1.54, 1.807) is 18.3 Å². The molecule has 0 unspecified atom stereocenters. The average molecular weight is 289 g/mol. The van der Waals surface area contributed by atoms with Crippen LogP contribution in [0.5, 0.6) is 0 Å². The zero-order valence-electron chi connectivity index (χ0n) is 11.4. The van der Waals surface area contributed by atoms with Gasteiger partial charge in [-0.2, -0.15) is 0 Å². The maximum Gasteiger partial charge on any atom is 0.246 e. The molecule has 0 bridgehead atoms. The summed E-state index contributed by atoms with van der Waals surface area (Å²) in [6.07, 6.45) is 4.13. The van der Waals surface area contributed by atoms with Crippen LogP contribution in [-0.4, -0.2) is 26.9 Å². The molecule has 21 heavy (non-hydrogen) atoms. The molecule has 1 aromatic heterocycles. The van der Waals surface area contributed by atoms with Gasteiger partial charge in [0.05, 0.1) is 17.6 Å². The number of halogens is 1. The SMILES string of the molecule is O=C(Cn1cc(CNC2CC2)nn1)Nc1ccccc1F. The smallest absolute Gasteiger partial charge is 0.246 e. The minimum Gasteiger partial charge on any atom is -0.322 e. The summed E-state index contributed by atoms with van der Waals surface area (Å²) in [5.74, 6) is -0.800. The molecular formula is C14H16FN5O. The van der Waals surface area contributed by atoms with Gasteiger partial charge in [0.25, 0.3) is 0 Å². The van der Waals surface area contributed by atoms with Gasteiger partial charge in [-0.1, -0.05) is 17.3 Å². The third-order valence-electron chi connectivity index (χ3n) is 3.19. The number of carbonyl (C=O) groups excluding carboxylic acids is 1. The number of anilines is 1. The van der Waals surface area contributed by atoms with Gasteiger partial charge in [-0.15, -0.1) is 5.10 Å². The molecular weight excluding hydrogens is 273 g/mol. The maximum absolute atomic E-state index is 13.4. The molecule has 1 fully saturated rings. The first-order valence-corrected chi connectivity index (χ1v) is 6.87. The quantitative estimate of drug-likeness (QED) is 0.841. The number of nitrogens with zero attached hydrogens (tertiary/aromatic N) is 3. The first-order chi connectivity index (χ1) is 10.2. The standard InChI is InChI=1S/C14H16FN5O/c15-12-3-1-2-4-13(12)17-14(21)9-20-8-11(18-19-20)7-16-10-5-6-10/h1-4,8,10,16H,5-7,9H2,(H,17,21). The first-order valence-electron chi connectivity index (χ1n) is 6.87. The molecule has 2 N–H and O–H groups in total. The Kier molecular flexibility index (Phi) is 3.92. The Hall–Kier alpha value is -2.28. The zero-order chi connectivity index (χ0) is 14.7. The molecule has 0 atom stereocenters. The normalized spacial score (nSPS) is 14.1. The fourth-order valence-electron chi connectivity index (χ4n) is 1.93. The van der Waals surface area contributed by atoms with Gasteiger partial charge in [-0.25, -0.2) is 9.07 Å². The predicted molar refractivity (Wildman–Crippen MR) is 74.9 cm³/mol. The molecule has 1 aliphatic carbocycles. The Morgan fingerprint density at radius 1 is 1.38 bits per heavy atom. The number of benzene rings is 1. The van der Waals surface area contributed by atoms with Crippen molar-refractivity contribution < 1.29 is 9.18 Å². The van der Waals surface area contributed by atoms with Crippen LogP contribution in [0.3, 0.4) is 0 Å². The Bertz CT molecular complexity index is 638. The number of carbonyl (C=O) groups is 1. The monoisotopic (exact) mass is 289 g/mol. The van der Waals surface area contributed by atoms with Gasteiger partial charge in [-0.3, -0.25) is 4.79 Å². The van der Waals surface area contributed by atoms with Crippen molar-refractivity contribution in [3.05, 3.63) is 42.0 Å². The lowest BCUT2D eigenvalue weighted by Gasteiger charge is -2.05. The van der Waals surface area contributed by atoms with Crippen LogP contribution in [-0.2, 0) is 17.9 Å². The Labute approximate surface area is 121 Å². The van der Waals surface area contributed by atoms with Crippen molar-refractivity contribution in [2.75, 3.05) is 5.32 Å². The number of hydrogen-bond acceptors (Lipinski definition) is 4. The highest BCUT2D eigenvalue weighted by molar-refractivity contribution is 5.90. The van der Waals surface area contributed by atoms with E-state index in [1.807, 2.05) is 0 Å². The maximum atomic E-state index is 13.4. The van der Waals surface area contributed by atoms with Crippen LogP contribution in [0.1, 0.15) is 18.5 Å². The molecule has 3 rings (SSSR count). The Morgan fingerprint density at radius 3 is 2.95 bits per heavy atom. The van der Waals surface area contributed by atoms with E-state index in [0.29, 0.717) is 12.6 Å². The molecule has 2 aromatic rings. The first kappa shape index (κ1) is 13.7. The van der Waals surface area contributed by atoms with Gasteiger partial charge in [0.15, 0.2) is 0 Å². The molecule has 6 nitrogen and oxygen atoms in total. The van der Waals surface area contributed by atoms with Crippen LogP contribution < -0.4 is 10.6 Å². The number of amides is 1. The van der Waals surface area contributed by atoms with Crippen LogP contribution in [0.15, 0.2) is 30.5 Å². The Morgan fingerprint density at radius 2 is 2.19 bits per heavy atom. The summed E-state index contributed by atoms with van der Waals surface area (Å²) in [5.41, 5.74) is 0.957. The van der Waals surface area contributed by atoms with Crippen molar-refractivity contribution in [1.29, 1.82) is 0 Å². The highest BCUT2D eigenvalue weighted by Gasteiger charge is 2.20. The van der Waals surface area contributed by atoms with E-state index in [1.165, 1.54) is 29.7 Å². The zero-order valence-corrected chi connectivity index (χ0v) is 11.4. The van der Waals surface area contributed by atoms with Crippen molar-refractivity contribution in [2.24, 2.45) is 0 Å². The van der Waals surface area contributed by atoms with E-state index in [9.17, 15) is 9.18 Å². The number of rotatable bonds is 6. The van der Waals surface area contributed by atoms with Crippen molar-refractivity contribution in [3.8, 4) is 0 Å². The summed E-state index contributed by atoms with van der Waals surface area (Å²) in [6.45, 7) is 0.657. The lowest BCUT2D eigenvalue weighted by atomic mass is 10.3. The molecule has 1 saturated carbocycles. The molecule has 1 amide bonds. The summed E-state index contributed by atoms with van der Waals surface area (Å²) < 4.78 is 14.9. The van der Waals surface area contributed by atoms with E-state index in [0.717, 1.165) is 5.69 Å². The fourth-order valence-corrected chi connectivity index (χ4v) is 1.93. The van der Waals surface area contributed by atoms with Crippen LogP contribution in [0.2, 0.25) is 0 Å². The number of aromatic nitrogens is 3. The van der Waals surface area contributed by atoms with Crippen LogP contribution in [0.25, 0.3) is 0 Å². The van der Waals surface area contributed by atoms with E-state index < -0.39 is 5.82 Å². The van der Waals surface area contributed by atoms with Crippen molar-refractivity contribution in [3.63, 3.8) is 0 Å². The largest absolute Gasteiger partial charge is 0.322 e. The summed E-state index contributed by atoms with van der Waals surface area (Å²) in [6, 6.07) is 6.64. The van der Waals surface area contributed by atoms with Gasteiger partial charge in [0.1, 0.15) is 12.4 Å². The van der Waals surface area contributed by atoms with Gasteiger partial charge in [0, 0.05) is 12.6 Å². The second-order valence-corrected chi connectivity index (χ2v) is 5.09. The van der Waals surface area contributed by atoms with Gasteiger partial charge >= 0.3 is 0 Å². The topological polar surface area (TPSA) is 71.8 Å². The summed E-state index contributed by atoms with van der Waals surface area (Å²) in [5, 5.41) is 13.7. The number of hydrogen-bond donors (Lipinski definition) is 2. The predicted octanol–water partition coefficient (Wildman–Crippen LogP) is 1.31. The highest BCUT2D eigenvalue weighted by Crippen LogP contribution is 2.18. The number of para-hydroxylation sites is 1. The fraction of sp³-hybridized carbons (Fsp3) is 0.357. The van der Waals surface area contributed by atoms with Gasteiger partial charge < -0.3 is 10.6 Å². The number of nitrogens with one attached hydrogen (secondary N) is 2. The molecule has 0 saturated heterocycles.